The number of halogens is 2. The van der Waals surface area contributed by atoms with Crippen molar-refractivity contribution in [3.63, 3.8) is 0 Å². The fourth-order valence-electron chi connectivity index (χ4n) is 1.09. The number of ether oxygens (including phenoxy) is 2. The molecule has 0 saturated heterocycles. The summed E-state index contributed by atoms with van der Waals surface area (Å²) in [5.74, 6) is 0.583. The van der Waals surface area contributed by atoms with E-state index in [-0.39, 0.29) is 10.8 Å². The molecule has 1 unspecified atom stereocenters. The third kappa shape index (κ3) is 6.07. The molecule has 0 spiro atoms. The summed E-state index contributed by atoms with van der Waals surface area (Å²) >= 11 is 6.39. The Morgan fingerprint density at radius 2 is 1.94 bits per heavy atom. The summed E-state index contributed by atoms with van der Waals surface area (Å²) < 4.78 is 10.5. The SMILES string of the molecule is O=C(OCCCOc1ccccc1)C(Br)CBr. The molecule has 0 amide bonds. The quantitative estimate of drug-likeness (QED) is 0.423. The van der Waals surface area contributed by atoms with E-state index in [1.165, 1.54) is 0 Å². The lowest BCUT2D eigenvalue weighted by Crippen LogP contribution is -2.19. The Balaban J connectivity index is 2.07. The minimum atomic E-state index is -0.280. The highest BCUT2D eigenvalue weighted by Gasteiger charge is 2.13. The molecule has 0 aliphatic rings. The van der Waals surface area contributed by atoms with Gasteiger partial charge in [0.1, 0.15) is 10.6 Å². The van der Waals surface area contributed by atoms with E-state index >= 15 is 0 Å². The fraction of sp³-hybridized carbons (Fsp3) is 0.417. The first-order valence-electron chi connectivity index (χ1n) is 5.28. The molecule has 1 aromatic rings. The second-order valence-corrected chi connectivity index (χ2v) is 5.06. The molecule has 0 saturated carbocycles. The molecule has 5 heteroatoms. The molecule has 0 fully saturated rings. The number of alkyl halides is 2. The molecule has 3 nitrogen and oxygen atoms in total. The number of rotatable bonds is 7. The monoisotopic (exact) mass is 364 g/mol. The van der Waals surface area contributed by atoms with Crippen LogP contribution in [0.3, 0.4) is 0 Å². The predicted octanol–water partition coefficient (Wildman–Crippen LogP) is 3.16. The summed E-state index contributed by atoms with van der Waals surface area (Å²) in [5.41, 5.74) is 0. The average Bonchev–Trinajstić information content (AvgIpc) is 2.38. The summed E-state index contributed by atoms with van der Waals surface area (Å²) in [5, 5.41) is 0.548. The maximum atomic E-state index is 11.3. The van der Waals surface area contributed by atoms with E-state index in [2.05, 4.69) is 31.9 Å². The zero-order valence-electron chi connectivity index (χ0n) is 9.27. The van der Waals surface area contributed by atoms with E-state index in [1.807, 2.05) is 30.3 Å². The lowest BCUT2D eigenvalue weighted by molar-refractivity contribution is -0.142. The molecule has 0 aliphatic carbocycles. The molecule has 0 bridgehead atoms. The van der Waals surface area contributed by atoms with Gasteiger partial charge in [0.15, 0.2) is 0 Å². The van der Waals surface area contributed by atoms with E-state index in [4.69, 9.17) is 9.47 Å². The Labute approximate surface area is 118 Å². The van der Waals surface area contributed by atoms with Gasteiger partial charge in [-0.3, -0.25) is 4.79 Å². The number of hydrogen-bond acceptors (Lipinski definition) is 3. The maximum Gasteiger partial charge on any atom is 0.320 e. The molecule has 17 heavy (non-hydrogen) atoms. The van der Waals surface area contributed by atoms with Gasteiger partial charge in [-0.15, -0.1) is 0 Å². The molecule has 0 radical (unpaired) electrons. The second kappa shape index (κ2) is 8.53. The topological polar surface area (TPSA) is 35.5 Å². The molecular formula is C12H14Br2O3. The predicted molar refractivity (Wildman–Crippen MR) is 74.0 cm³/mol. The van der Waals surface area contributed by atoms with Crippen molar-refractivity contribution < 1.29 is 14.3 Å². The molecule has 0 aliphatic heterocycles. The lowest BCUT2D eigenvalue weighted by Gasteiger charge is -2.08. The highest BCUT2D eigenvalue weighted by molar-refractivity contribution is 9.12. The van der Waals surface area contributed by atoms with Crippen molar-refractivity contribution in [2.45, 2.75) is 11.2 Å². The number of carbonyl (C=O) groups is 1. The van der Waals surface area contributed by atoms with E-state index < -0.39 is 0 Å². The molecule has 0 heterocycles. The van der Waals surface area contributed by atoms with Gasteiger partial charge in [-0.2, -0.15) is 0 Å². The van der Waals surface area contributed by atoms with Gasteiger partial charge >= 0.3 is 5.97 Å². The summed E-state index contributed by atoms with van der Waals surface area (Å²) in [6.45, 7) is 0.916. The van der Waals surface area contributed by atoms with Crippen LogP contribution in [0.1, 0.15) is 6.42 Å². The van der Waals surface area contributed by atoms with Gasteiger partial charge in [0.2, 0.25) is 0 Å². The Morgan fingerprint density at radius 3 is 2.59 bits per heavy atom. The molecule has 1 rings (SSSR count). The standard InChI is InChI=1S/C12H14Br2O3/c13-9-11(14)12(15)17-8-4-7-16-10-5-2-1-3-6-10/h1-3,5-6,11H,4,7-9H2. The van der Waals surface area contributed by atoms with Crippen LogP contribution in [0.15, 0.2) is 30.3 Å². The summed E-state index contributed by atoms with van der Waals surface area (Å²) in [7, 11) is 0. The van der Waals surface area contributed by atoms with Crippen molar-refractivity contribution in [3.05, 3.63) is 30.3 Å². The van der Waals surface area contributed by atoms with Crippen molar-refractivity contribution in [1.29, 1.82) is 0 Å². The Kier molecular flexibility index (Phi) is 7.28. The summed E-state index contributed by atoms with van der Waals surface area (Å²) in [6, 6.07) is 9.56. The van der Waals surface area contributed by atoms with Crippen LogP contribution < -0.4 is 4.74 Å². The van der Waals surface area contributed by atoms with Crippen LogP contribution in [0.2, 0.25) is 0 Å². The molecule has 94 valence electrons. The average molecular weight is 366 g/mol. The van der Waals surface area contributed by atoms with Gasteiger partial charge in [-0.25, -0.2) is 0 Å². The third-order valence-corrected chi connectivity index (χ3v) is 4.15. The van der Waals surface area contributed by atoms with Gasteiger partial charge < -0.3 is 9.47 Å². The van der Waals surface area contributed by atoms with E-state index in [0.717, 1.165) is 5.75 Å². The van der Waals surface area contributed by atoms with Gasteiger partial charge in [0, 0.05) is 11.8 Å². The third-order valence-electron chi connectivity index (χ3n) is 1.94. The van der Waals surface area contributed by atoms with Crippen molar-refractivity contribution in [3.8, 4) is 5.75 Å². The van der Waals surface area contributed by atoms with Crippen molar-refractivity contribution in [2.24, 2.45) is 0 Å². The maximum absolute atomic E-state index is 11.3. The van der Waals surface area contributed by atoms with Gasteiger partial charge in [-0.1, -0.05) is 50.1 Å². The minimum absolute atomic E-state index is 0.249. The van der Waals surface area contributed by atoms with Crippen molar-refractivity contribution in [1.82, 2.24) is 0 Å². The van der Waals surface area contributed by atoms with E-state index in [0.29, 0.717) is 25.0 Å². The normalized spacial score (nSPS) is 11.9. The Morgan fingerprint density at radius 1 is 1.24 bits per heavy atom. The van der Waals surface area contributed by atoms with E-state index in [9.17, 15) is 4.79 Å². The number of carbonyl (C=O) groups excluding carboxylic acids is 1. The van der Waals surface area contributed by atoms with Crippen LogP contribution >= 0.6 is 31.9 Å². The lowest BCUT2D eigenvalue weighted by atomic mass is 10.3. The van der Waals surface area contributed by atoms with Crippen molar-refractivity contribution >= 4 is 37.8 Å². The van der Waals surface area contributed by atoms with Gasteiger partial charge in [0.25, 0.3) is 0 Å². The summed E-state index contributed by atoms with van der Waals surface area (Å²) in [4.78, 5) is 11.0. The van der Waals surface area contributed by atoms with Crippen LogP contribution in [0.5, 0.6) is 5.75 Å². The van der Waals surface area contributed by atoms with Gasteiger partial charge in [0.05, 0.1) is 13.2 Å². The second-order valence-electron chi connectivity index (χ2n) is 3.30. The Hall–Kier alpha value is -0.550. The number of hydrogen-bond donors (Lipinski definition) is 0. The van der Waals surface area contributed by atoms with Crippen LogP contribution in [0.25, 0.3) is 0 Å². The fourth-order valence-corrected chi connectivity index (χ4v) is 1.49. The molecule has 0 N–H and O–H groups in total. The summed E-state index contributed by atoms with van der Waals surface area (Å²) in [6.07, 6.45) is 0.683. The van der Waals surface area contributed by atoms with E-state index in [1.54, 1.807) is 0 Å². The van der Waals surface area contributed by atoms with Gasteiger partial charge in [-0.05, 0) is 12.1 Å². The highest BCUT2D eigenvalue weighted by atomic mass is 79.9. The first-order chi connectivity index (χ1) is 8.24. The number of benzene rings is 1. The van der Waals surface area contributed by atoms with Crippen molar-refractivity contribution in [2.75, 3.05) is 18.5 Å². The minimum Gasteiger partial charge on any atom is -0.493 e. The molecule has 1 aromatic carbocycles. The van der Waals surface area contributed by atoms with Crippen LogP contribution in [0, 0.1) is 0 Å². The zero-order valence-corrected chi connectivity index (χ0v) is 12.4. The van der Waals surface area contributed by atoms with Crippen LogP contribution in [-0.4, -0.2) is 29.3 Å². The molecule has 1 atom stereocenters. The Bertz CT molecular complexity index is 330. The van der Waals surface area contributed by atoms with Crippen LogP contribution in [0.4, 0.5) is 0 Å². The first kappa shape index (κ1) is 14.5. The molecular weight excluding hydrogens is 352 g/mol. The number of para-hydroxylation sites is 1. The van der Waals surface area contributed by atoms with Crippen LogP contribution in [-0.2, 0) is 9.53 Å². The largest absolute Gasteiger partial charge is 0.493 e. The first-order valence-corrected chi connectivity index (χ1v) is 7.32. The number of esters is 1. The highest BCUT2D eigenvalue weighted by Crippen LogP contribution is 2.09. The zero-order chi connectivity index (χ0) is 12.5. The smallest absolute Gasteiger partial charge is 0.320 e. The molecule has 0 aromatic heterocycles.